The van der Waals surface area contributed by atoms with Crippen molar-refractivity contribution in [1.29, 1.82) is 0 Å². The molecule has 6 nitrogen and oxygen atoms in total. The third kappa shape index (κ3) is 6.70. The molecule has 1 unspecified atom stereocenters. The van der Waals surface area contributed by atoms with Gasteiger partial charge in [0.05, 0.1) is 12.6 Å². The van der Waals surface area contributed by atoms with Crippen LogP contribution in [0.15, 0.2) is 16.4 Å². The second-order valence-corrected chi connectivity index (χ2v) is 7.66. The molecule has 148 valence electrons. The molecule has 0 aromatic carbocycles. The zero-order valence-corrected chi connectivity index (χ0v) is 19.4. The van der Waals surface area contributed by atoms with E-state index >= 15 is 0 Å². The van der Waals surface area contributed by atoms with E-state index < -0.39 is 0 Å². The third-order valence-electron chi connectivity index (χ3n) is 4.61. The number of rotatable bonds is 7. The summed E-state index contributed by atoms with van der Waals surface area (Å²) in [7, 11) is 5.47. The van der Waals surface area contributed by atoms with Crippen LogP contribution in [0.4, 0.5) is 0 Å². The summed E-state index contributed by atoms with van der Waals surface area (Å²) >= 11 is 1.76. The summed E-state index contributed by atoms with van der Waals surface area (Å²) in [6.07, 6.45) is 3.09. The minimum Gasteiger partial charge on any atom is -0.356 e. The van der Waals surface area contributed by atoms with Crippen molar-refractivity contribution >= 4 is 47.2 Å². The molecule has 0 aliphatic carbocycles. The molecule has 2 rings (SSSR count). The van der Waals surface area contributed by atoms with Crippen molar-refractivity contribution in [3.8, 4) is 0 Å². The Kier molecular flexibility index (Phi) is 10.5. The van der Waals surface area contributed by atoms with Crippen LogP contribution in [-0.2, 0) is 11.3 Å². The van der Waals surface area contributed by atoms with Crippen molar-refractivity contribution in [2.45, 2.75) is 38.8 Å². The zero-order valence-electron chi connectivity index (χ0n) is 16.2. The van der Waals surface area contributed by atoms with Crippen molar-refractivity contribution in [2.24, 2.45) is 4.99 Å². The molecule has 1 aliphatic heterocycles. The van der Waals surface area contributed by atoms with Crippen LogP contribution in [0.3, 0.4) is 0 Å². The summed E-state index contributed by atoms with van der Waals surface area (Å²) in [6.45, 7) is 5.75. The van der Waals surface area contributed by atoms with Gasteiger partial charge in [-0.2, -0.15) is 0 Å². The van der Waals surface area contributed by atoms with Gasteiger partial charge in [0.1, 0.15) is 0 Å². The molecule has 0 bridgehead atoms. The highest BCUT2D eigenvalue weighted by Gasteiger charge is 2.30. The molecule has 0 spiro atoms. The number of likely N-dealkylation sites (N-methyl/N-ethyl adjacent to an activating group) is 1. The van der Waals surface area contributed by atoms with Gasteiger partial charge in [-0.15, -0.1) is 35.3 Å². The fourth-order valence-electron chi connectivity index (χ4n) is 3.13. The van der Waals surface area contributed by atoms with Crippen molar-refractivity contribution in [2.75, 3.05) is 40.8 Å². The van der Waals surface area contributed by atoms with Gasteiger partial charge in [0, 0.05) is 39.1 Å². The van der Waals surface area contributed by atoms with E-state index in [0.717, 1.165) is 51.4 Å². The van der Waals surface area contributed by atoms with Crippen LogP contribution in [0.1, 0.15) is 29.7 Å². The van der Waals surface area contributed by atoms with Gasteiger partial charge in [-0.05, 0) is 49.7 Å². The molecule has 8 heteroatoms. The van der Waals surface area contributed by atoms with Crippen LogP contribution in [0.25, 0.3) is 0 Å². The lowest BCUT2D eigenvalue weighted by atomic mass is 10.2. The number of guanidine groups is 1. The summed E-state index contributed by atoms with van der Waals surface area (Å²) in [5, 5.41) is 8.84. The van der Waals surface area contributed by atoms with Crippen LogP contribution in [0, 0.1) is 6.92 Å². The first kappa shape index (κ1) is 23.2. The van der Waals surface area contributed by atoms with Crippen LogP contribution in [-0.4, -0.2) is 68.5 Å². The SMILES string of the molecule is CN=C(NCCCN1CCCC1C(=O)N(C)C)NCc1sccc1C.I. The number of aliphatic imine (C=N–C) groups is 1. The lowest BCUT2D eigenvalue weighted by Gasteiger charge is -2.26. The van der Waals surface area contributed by atoms with Gasteiger partial charge in [-0.1, -0.05) is 0 Å². The Morgan fingerprint density at radius 2 is 2.19 bits per heavy atom. The van der Waals surface area contributed by atoms with Crippen molar-refractivity contribution in [3.05, 3.63) is 21.9 Å². The molecule has 1 atom stereocenters. The molecule has 1 aromatic rings. The summed E-state index contributed by atoms with van der Waals surface area (Å²) in [5.74, 6) is 1.06. The average Bonchev–Trinajstić information content (AvgIpc) is 3.22. The molecule has 1 aromatic heterocycles. The first-order chi connectivity index (χ1) is 12.0. The maximum atomic E-state index is 12.2. The molecule has 2 N–H and O–H groups in total. The monoisotopic (exact) mass is 493 g/mol. The number of aryl methyl sites for hydroxylation is 1. The van der Waals surface area contributed by atoms with Crippen molar-refractivity contribution < 1.29 is 4.79 Å². The molecule has 1 aliphatic rings. The molecule has 2 heterocycles. The molecule has 0 saturated carbocycles. The zero-order chi connectivity index (χ0) is 18.2. The fraction of sp³-hybridized carbons (Fsp3) is 0.667. The summed E-state index contributed by atoms with van der Waals surface area (Å²) < 4.78 is 0. The predicted octanol–water partition coefficient (Wildman–Crippen LogP) is 2.28. The fourth-order valence-corrected chi connectivity index (χ4v) is 3.98. The molecular weight excluding hydrogens is 461 g/mol. The molecule has 1 amide bonds. The predicted molar refractivity (Wildman–Crippen MR) is 121 cm³/mol. The van der Waals surface area contributed by atoms with Gasteiger partial charge in [0.15, 0.2) is 5.96 Å². The van der Waals surface area contributed by atoms with E-state index in [1.807, 2.05) is 14.1 Å². The molecular formula is C18H32IN5OS. The van der Waals surface area contributed by atoms with Gasteiger partial charge in [0.2, 0.25) is 5.91 Å². The van der Waals surface area contributed by atoms with Gasteiger partial charge >= 0.3 is 0 Å². The molecule has 1 fully saturated rings. The van der Waals surface area contributed by atoms with E-state index in [9.17, 15) is 4.79 Å². The van der Waals surface area contributed by atoms with E-state index in [1.165, 1.54) is 10.4 Å². The maximum Gasteiger partial charge on any atom is 0.239 e. The minimum atomic E-state index is 0. The smallest absolute Gasteiger partial charge is 0.239 e. The number of carbonyl (C=O) groups is 1. The Labute approximate surface area is 178 Å². The second kappa shape index (κ2) is 11.8. The minimum absolute atomic E-state index is 0. The lowest BCUT2D eigenvalue weighted by molar-refractivity contribution is -0.133. The second-order valence-electron chi connectivity index (χ2n) is 6.66. The van der Waals surface area contributed by atoms with E-state index in [-0.39, 0.29) is 35.9 Å². The van der Waals surface area contributed by atoms with Gasteiger partial charge in [0.25, 0.3) is 0 Å². The van der Waals surface area contributed by atoms with E-state index in [1.54, 1.807) is 23.3 Å². The Balaban J connectivity index is 0.00000338. The number of hydrogen-bond acceptors (Lipinski definition) is 4. The largest absolute Gasteiger partial charge is 0.356 e. The highest BCUT2D eigenvalue weighted by molar-refractivity contribution is 14.0. The topological polar surface area (TPSA) is 60.0 Å². The Bertz CT molecular complexity index is 590. The Hall–Kier alpha value is -0.870. The summed E-state index contributed by atoms with van der Waals surface area (Å²) in [5.41, 5.74) is 1.32. The van der Waals surface area contributed by atoms with Crippen LogP contribution >= 0.6 is 35.3 Å². The molecule has 0 radical (unpaired) electrons. The summed E-state index contributed by atoms with van der Waals surface area (Å²) in [6, 6.07) is 2.20. The van der Waals surface area contributed by atoms with Crippen LogP contribution < -0.4 is 10.6 Å². The number of nitrogens with zero attached hydrogens (tertiary/aromatic N) is 3. The normalized spacial score (nSPS) is 17.7. The number of likely N-dealkylation sites (tertiary alicyclic amines) is 1. The number of halogens is 1. The highest BCUT2D eigenvalue weighted by Crippen LogP contribution is 2.18. The van der Waals surface area contributed by atoms with E-state index in [0.29, 0.717) is 0 Å². The van der Waals surface area contributed by atoms with Crippen molar-refractivity contribution in [3.63, 3.8) is 0 Å². The Morgan fingerprint density at radius 1 is 1.42 bits per heavy atom. The number of carbonyl (C=O) groups excluding carboxylic acids is 1. The first-order valence-electron chi connectivity index (χ1n) is 8.95. The summed E-state index contributed by atoms with van der Waals surface area (Å²) in [4.78, 5) is 21.8. The molecule has 1 saturated heterocycles. The quantitative estimate of drug-likeness (QED) is 0.265. The van der Waals surface area contributed by atoms with Gasteiger partial charge < -0.3 is 15.5 Å². The van der Waals surface area contributed by atoms with E-state index in [2.05, 4.69) is 38.9 Å². The standard InChI is InChI=1S/C18H31N5OS.HI/c1-14-8-12-25-16(14)13-21-18(19-2)20-9-6-11-23-10-5-7-15(23)17(24)22(3)4;/h8,12,15H,5-7,9-11,13H2,1-4H3,(H2,19,20,21);1H. The maximum absolute atomic E-state index is 12.2. The van der Waals surface area contributed by atoms with Crippen LogP contribution in [0.5, 0.6) is 0 Å². The Morgan fingerprint density at radius 3 is 2.81 bits per heavy atom. The van der Waals surface area contributed by atoms with Crippen molar-refractivity contribution in [1.82, 2.24) is 20.4 Å². The highest BCUT2D eigenvalue weighted by atomic mass is 127. The van der Waals surface area contributed by atoms with Gasteiger partial charge in [-0.25, -0.2) is 0 Å². The van der Waals surface area contributed by atoms with Crippen LogP contribution in [0.2, 0.25) is 0 Å². The third-order valence-corrected chi connectivity index (χ3v) is 5.64. The van der Waals surface area contributed by atoms with E-state index in [4.69, 9.17) is 0 Å². The number of nitrogens with one attached hydrogen (secondary N) is 2. The number of hydrogen-bond donors (Lipinski definition) is 2. The lowest BCUT2D eigenvalue weighted by Crippen LogP contribution is -2.44. The number of amides is 1. The van der Waals surface area contributed by atoms with Gasteiger partial charge in [-0.3, -0.25) is 14.7 Å². The number of thiophene rings is 1. The average molecular weight is 493 g/mol. The molecule has 26 heavy (non-hydrogen) atoms. The first-order valence-corrected chi connectivity index (χ1v) is 9.83.